The lowest BCUT2D eigenvalue weighted by Gasteiger charge is -2.07. The molecular formula is C15H16N4O. The number of benzene rings is 1. The lowest BCUT2D eigenvalue weighted by molar-refractivity contribution is -0.116. The van der Waals surface area contributed by atoms with E-state index in [0.29, 0.717) is 24.2 Å². The smallest absolute Gasteiger partial charge is 0.226 e. The van der Waals surface area contributed by atoms with Crippen LogP contribution in [0.3, 0.4) is 0 Å². The average Bonchev–Trinajstić information content (AvgIpc) is 2.77. The second-order valence-corrected chi connectivity index (χ2v) is 4.60. The Hall–Kier alpha value is -2.61. The van der Waals surface area contributed by atoms with Crippen molar-refractivity contribution in [3.05, 3.63) is 47.5 Å². The Labute approximate surface area is 117 Å². The van der Waals surface area contributed by atoms with E-state index in [-0.39, 0.29) is 5.91 Å². The van der Waals surface area contributed by atoms with Crippen molar-refractivity contribution in [3.8, 4) is 6.07 Å². The fourth-order valence-electron chi connectivity index (χ4n) is 1.88. The number of hydrogen-bond acceptors (Lipinski definition) is 3. The van der Waals surface area contributed by atoms with Crippen molar-refractivity contribution >= 4 is 11.6 Å². The normalized spacial score (nSPS) is 10.1. The molecule has 20 heavy (non-hydrogen) atoms. The topological polar surface area (TPSA) is 70.7 Å². The second kappa shape index (κ2) is 6.02. The molecule has 0 bridgehead atoms. The summed E-state index contributed by atoms with van der Waals surface area (Å²) >= 11 is 0. The first-order chi connectivity index (χ1) is 9.60. The van der Waals surface area contributed by atoms with Gasteiger partial charge in [-0.15, -0.1) is 0 Å². The van der Waals surface area contributed by atoms with Crippen LogP contribution in [0.25, 0.3) is 0 Å². The minimum Gasteiger partial charge on any atom is -0.334 e. The fraction of sp³-hybridized carbons (Fsp3) is 0.267. The molecule has 102 valence electrons. The Morgan fingerprint density at radius 2 is 2.25 bits per heavy atom. The Morgan fingerprint density at radius 1 is 1.45 bits per heavy atom. The Bertz CT molecular complexity index is 667. The zero-order chi connectivity index (χ0) is 14.5. The maximum Gasteiger partial charge on any atom is 0.226 e. The molecule has 1 N–H and O–H groups in total. The molecule has 0 spiro atoms. The van der Waals surface area contributed by atoms with Crippen LogP contribution in [0.5, 0.6) is 0 Å². The van der Waals surface area contributed by atoms with Gasteiger partial charge in [0.1, 0.15) is 0 Å². The van der Waals surface area contributed by atoms with Gasteiger partial charge in [0.05, 0.1) is 23.7 Å². The highest BCUT2D eigenvalue weighted by molar-refractivity contribution is 5.90. The number of nitriles is 1. The number of nitrogens with one attached hydrogen (secondary N) is 1. The number of carbonyl (C=O) groups excluding carboxylic acids is 1. The molecule has 1 aromatic heterocycles. The summed E-state index contributed by atoms with van der Waals surface area (Å²) in [6.45, 7) is 4.52. The molecule has 1 heterocycles. The third kappa shape index (κ3) is 3.23. The maximum absolute atomic E-state index is 11.9. The summed E-state index contributed by atoms with van der Waals surface area (Å²) in [4.78, 5) is 16.1. The van der Waals surface area contributed by atoms with E-state index in [0.717, 1.165) is 11.4 Å². The molecule has 5 heteroatoms. The van der Waals surface area contributed by atoms with Gasteiger partial charge in [-0.1, -0.05) is 6.07 Å². The molecule has 0 saturated carbocycles. The molecule has 0 aliphatic carbocycles. The zero-order valence-electron chi connectivity index (χ0n) is 11.6. The van der Waals surface area contributed by atoms with E-state index in [1.807, 2.05) is 24.5 Å². The fourth-order valence-corrected chi connectivity index (χ4v) is 1.88. The molecule has 0 aliphatic rings. The molecule has 1 amide bonds. The third-order valence-electron chi connectivity index (χ3n) is 3.20. The number of aryl methyl sites for hydroxylation is 2. The molecule has 0 fully saturated rings. The van der Waals surface area contributed by atoms with Crippen molar-refractivity contribution < 1.29 is 4.79 Å². The number of imidazole rings is 1. The van der Waals surface area contributed by atoms with Gasteiger partial charge in [0, 0.05) is 24.3 Å². The summed E-state index contributed by atoms with van der Waals surface area (Å²) in [5.74, 6) is -0.0779. The summed E-state index contributed by atoms with van der Waals surface area (Å²) in [6, 6.07) is 8.92. The summed E-state index contributed by atoms with van der Waals surface area (Å²) in [6.07, 6.45) is 2.11. The van der Waals surface area contributed by atoms with Crippen LogP contribution >= 0.6 is 0 Å². The quantitative estimate of drug-likeness (QED) is 0.925. The van der Waals surface area contributed by atoms with Crippen LogP contribution in [0.4, 0.5) is 5.69 Å². The number of amides is 1. The van der Waals surface area contributed by atoms with Crippen LogP contribution in [-0.4, -0.2) is 15.5 Å². The molecule has 0 saturated heterocycles. The molecular weight excluding hydrogens is 252 g/mol. The SMILES string of the molecule is Cc1ncn(CCC(=O)Nc2cccc(C#N)c2)c1C. The van der Waals surface area contributed by atoms with Crippen LogP contribution < -0.4 is 5.32 Å². The number of nitrogens with zero attached hydrogens (tertiary/aromatic N) is 3. The monoisotopic (exact) mass is 268 g/mol. The number of aromatic nitrogens is 2. The zero-order valence-corrected chi connectivity index (χ0v) is 11.6. The van der Waals surface area contributed by atoms with E-state index in [4.69, 9.17) is 5.26 Å². The molecule has 2 rings (SSSR count). The highest BCUT2D eigenvalue weighted by Crippen LogP contribution is 2.11. The molecule has 0 unspecified atom stereocenters. The van der Waals surface area contributed by atoms with Crippen LogP contribution in [0, 0.1) is 25.2 Å². The van der Waals surface area contributed by atoms with Crippen LogP contribution in [0.1, 0.15) is 23.4 Å². The summed E-state index contributed by atoms with van der Waals surface area (Å²) < 4.78 is 1.96. The Kier molecular flexibility index (Phi) is 4.16. The van der Waals surface area contributed by atoms with E-state index in [1.54, 1.807) is 30.6 Å². The van der Waals surface area contributed by atoms with Crippen LogP contribution in [-0.2, 0) is 11.3 Å². The second-order valence-electron chi connectivity index (χ2n) is 4.60. The van der Waals surface area contributed by atoms with Gasteiger partial charge in [0.2, 0.25) is 5.91 Å². The molecule has 2 aromatic rings. The predicted molar refractivity (Wildman–Crippen MR) is 76.1 cm³/mol. The van der Waals surface area contributed by atoms with E-state index >= 15 is 0 Å². The van der Waals surface area contributed by atoms with E-state index in [1.165, 1.54) is 0 Å². The van der Waals surface area contributed by atoms with Gasteiger partial charge in [-0.25, -0.2) is 4.98 Å². The highest BCUT2D eigenvalue weighted by Gasteiger charge is 2.06. The van der Waals surface area contributed by atoms with Crippen molar-refractivity contribution in [2.75, 3.05) is 5.32 Å². The van der Waals surface area contributed by atoms with Crippen molar-refractivity contribution in [1.82, 2.24) is 9.55 Å². The lowest BCUT2D eigenvalue weighted by Crippen LogP contribution is -2.14. The van der Waals surface area contributed by atoms with E-state index in [9.17, 15) is 4.79 Å². The largest absolute Gasteiger partial charge is 0.334 e. The number of carbonyl (C=O) groups is 1. The standard InChI is InChI=1S/C15H16N4O/c1-11-12(2)19(10-17-11)7-6-15(20)18-14-5-3-4-13(8-14)9-16/h3-5,8,10H,6-7H2,1-2H3,(H,18,20). The summed E-state index contributed by atoms with van der Waals surface area (Å²) in [7, 11) is 0. The predicted octanol–water partition coefficient (Wildman–Crippen LogP) is 2.40. The number of hydrogen-bond donors (Lipinski definition) is 1. The van der Waals surface area contributed by atoms with Crippen LogP contribution in [0.2, 0.25) is 0 Å². The molecule has 0 aliphatic heterocycles. The minimum absolute atomic E-state index is 0.0779. The summed E-state index contributed by atoms with van der Waals surface area (Å²) in [5.41, 5.74) is 3.23. The van der Waals surface area contributed by atoms with Gasteiger partial charge in [-0.3, -0.25) is 4.79 Å². The van der Waals surface area contributed by atoms with Gasteiger partial charge >= 0.3 is 0 Å². The van der Waals surface area contributed by atoms with E-state index in [2.05, 4.69) is 10.3 Å². The first-order valence-electron chi connectivity index (χ1n) is 6.38. The first-order valence-corrected chi connectivity index (χ1v) is 6.38. The molecule has 1 aromatic carbocycles. The molecule has 0 atom stereocenters. The lowest BCUT2D eigenvalue weighted by atomic mass is 10.2. The minimum atomic E-state index is -0.0779. The highest BCUT2D eigenvalue weighted by atomic mass is 16.1. The Morgan fingerprint density at radius 3 is 2.90 bits per heavy atom. The first kappa shape index (κ1) is 13.8. The molecule has 5 nitrogen and oxygen atoms in total. The van der Waals surface area contributed by atoms with Gasteiger partial charge in [0.25, 0.3) is 0 Å². The van der Waals surface area contributed by atoms with Crippen molar-refractivity contribution in [2.45, 2.75) is 26.8 Å². The maximum atomic E-state index is 11.9. The van der Waals surface area contributed by atoms with E-state index < -0.39 is 0 Å². The summed E-state index contributed by atoms with van der Waals surface area (Å²) in [5, 5.41) is 11.6. The Balaban J connectivity index is 1.93. The number of rotatable bonds is 4. The number of anilines is 1. The van der Waals surface area contributed by atoms with Gasteiger partial charge < -0.3 is 9.88 Å². The van der Waals surface area contributed by atoms with Gasteiger partial charge in [-0.2, -0.15) is 5.26 Å². The van der Waals surface area contributed by atoms with Gasteiger partial charge in [-0.05, 0) is 32.0 Å². The van der Waals surface area contributed by atoms with Crippen molar-refractivity contribution in [2.24, 2.45) is 0 Å². The molecule has 0 radical (unpaired) electrons. The van der Waals surface area contributed by atoms with Crippen molar-refractivity contribution in [3.63, 3.8) is 0 Å². The average molecular weight is 268 g/mol. The van der Waals surface area contributed by atoms with Crippen LogP contribution in [0.15, 0.2) is 30.6 Å². The third-order valence-corrected chi connectivity index (χ3v) is 3.20. The van der Waals surface area contributed by atoms with Gasteiger partial charge in [0.15, 0.2) is 0 Å². The van der Waals surface area contributed by atoms with Crippen molar-refractivity contribution in [1.29, 1.82) is 5.26 Å².